The minimum Gasteiger partial charge on any atom is -0.481 e. The quantitative estimate of drug-likeness (QED) is 0.761. The molecule has 0 fully saturated rings. The van der Waals surface area contributed by atoms with Gasteiger partial charge in [0.15, 0.2) is 0 Å². The van der Waals surface area contributed by atoms with Crippen LogP contribution in [0.25, 0.3) is 0 Å². The second-order valence-electron chi connectivity index (χ2n) is 3.26. The Kier molecular flexibility index (Phi) is 5.24. The van der Waals surface area contributed by atoms with E-state index >= 15 is 0 Å². The number of nitrogens with one attached hydrogen (secondary N) is 1. The van der Waals surface area contributed by atoms with Crippen molar-refractivity contribution in [3.05, 3.63) is 27.1 Å². The number of hydrogen-bond donors (Lipinski definition) is 3. The molecule has 1 atom stereocenters. The predicted molar refractivity (Wildman–Crippen MR) is 68.6 cm³/mol. The van der Waals surface area contributed by atoms with Gasteiger partial charge in [0.05, 0.1) is 12.5 Å². The summed E-state index contributed by atoms with van der Waals surface area (Å²) in [5.74, 6) is -1.01. The van der Waals surface area contributed by atoms with E-state index < -0.39 is 12.1 Å². The van der Waals surface area contributed by atoms with Crippen molar-refractivity contribution in [1.82, 2.24) is 0 Å². The summed E-state index contributed by atoms with van der Waals surface area (Å²) < 4.78 is 1.79. The number of aliphatic hydroxyl groups excluding tert-OH is 1. The van der Waals surface area contributed by atoms with Gasteiger partial charge in [-0.2, -0.15) is 0 Å². The Bertz CT molecular complexity index is 384. The number of carboxylic acid groups (broad SMARTS) is 1. The van der Waals surface area contributed by atoms with Gasteiger partial charge >= 0.3 is 5.97 Å². The number of carboxylic acids is 1. The van der Waals surface area contributed by atoms with Gasteiger partial charge < -0.3 is 15.5 Å². The van der Waals surface area contributed by atoms with Gasteiger partial charge in [0.25, 0.3) is 0 Å². The van der Waals surface area contributed by atoms with Gasteiger partial charge in [-0.25, -0.2) is 0 Å². The zero-order chi connectivity index (χ0) is 12.1. The minimum absolute atomic E-state index is 0.201. The van der Waals surface area contributed by atoms with Crippen LogP contribution in [0.5, 0.6) is 0 Å². The van der Waals surface area contributed by atoms with Gasteiger partial charge in [-0.3, -0.25) is 4.79 Å². The highest BCUT2D eigenvalue weighted by Gasteiger charge is 2.09. The number of hydrogen-bond acceptors (Lipinski definition) is 3. The molecule has 0 heterocycles. The molecule has 0 bridgehead atoms. The molecule has 16 heavy (non-hydrogen) atoms. The molecule has 0 amide bonds. The number of aliphatic hydroxyl groups is 1. The van der Waals surface area contributed by atoms with Crippen LogP contribution in [0.4, 0.5) is 5.69 Å². The summed E-state index contributed by atoms with van der Waals surface area (Å²) in [6, 6.07) is 5.56. The Morgan fingerprint density at radius 3 is 2.69 bits per heavy atom. The highest BCUT2D eigenvalue weighted by atomic mass is 79.9. The molecule has 0 saturated carbocycles. The molecule has 0 spiro atoms. The molecule has 88 valence electrons. The van der Waals surface area contributed by atoms with Crippen LogP contribution in [-0.4, -0.2) is 28.8 Å². The lowest BCUT2D eigenvalue weighted by Crippen LogP contribution is -2.22. The standard InChI is InChI=1S/C10H11Br2NO3/c11-6-1-2-9(8(12)3-6)13-5-7(14)4-10(15)16/h1-3,7,13-14H,4-5H2,(H,15,16). The molecule has 3 N–H and O–H groups in total. The lowest BCUT2D eigenvalue weighted by Gasteiger charge is -2.12. The van der Waals surface area contributed by atoms with Gasteiger partial charge in [0.1, 0.15) is 0 Å². The fourth-order valence-corrected chi connectivity index (χ4v) is 2.32. The van der Waals surface area contributed by atoms with E-state index in [1.165, 1.54) is 0 Å². The summed E-state index contributed by atoms with van der Waals surface area (Å²) in [5, 5.41) is 20.8. The third-order valence-electron chi connectivity index (χ3n) is 1.87. The van der Waals surface area contributed by atoms with Crippen LogP contribution in [0.2, 0.25) is 0 Å². The van der Waals surface area contributed by atoms with Crippen LogP contribution in [0.1, 0.15) is 6.42 Å². The van der Waals surface area contributed by atoms with Gasteiger partial charge in [0.2, 0.25) is 0 Å². The topological polar surface area (TPSA) is 69.6 Å². The molecule has 0 saturated heterocycles. The van der Waals surface area contributed by atoms with Crippen molar-refractivity contribution >= 4 is 43.5 Å². The van der Waals surface area contributed by atoms with E-state index in [0.717, 1.165) is 14.6 Å². The molecule has 0 aliphatic heterocycles. The van der Waals surface area contributed by atoms with E-state index in [1.807, 2.05) is 18.2 Å². The van der Waals surface area contributed by atoms with Crippen molar-refractivity contribution in [3.63, 3.8) is 0 Å². The SMILES string of the molecule is O=C(O)CC(O)CNc1ccc(Br)cc1Br. The lowest BCUT2D eigenvalue weighted by molar-refractivity contribution is -0.138. The zero-order valence-corrected chi connectivity index (χ0v) is 11.5. The van der Waals surface area contributed by atoms with E-state index in [0.29, 0.717) is 0 Å². The van der Waals surface area contributed by atoms with Gasteiger partial charge in [-0.15, -0.1) is 0 Å². The fourth-order valence-electron chi connectivity index (χ4n) is 1.13. The zero-order valence-electron chi connectivity index (χ0n) is 8.28. The molecule has 4 nitrogen and oxygen atoms in total. The molecule has 0 aliphatic carbocycles. The molecular formula is C10H11Br2NO3. The smallest absolute Gasteiger partial charge is 0.306 e. The number of benzene rings is 1. The Morgan fingerprint density at radius 1 is 1.44 bits per heavy atom. The largest absolute Gasteiger partial charge is 0.481 e. The second kappa shape index (κ2) is 6.22. The van der Waals surface area contributed by atoms with E-state index in [4.69, 9.17) is 5.11 Å². The number of halogens is 2. The second-order valence-corrected chi connectivity index (χ2v) is 5.03. The molecule has 1 rings (SSSR count). The summed E-state index contributed by atoms with van der Waals surface area (Å²) >= 11 is 6.68. The number of rotatable bonds is 5. The van der Waals surface area contributed by atoms with Crippen LogP contribution < -0.4 is 5.32 Å². The maximum Gasteiger partial charge on any atom is 0.306 e. The van der Waals surface area contributed by atoms with Crippen molar-refractivity contribution in [1.29, 1.82) is 0 Å². The van der Waals surface area contributed by atoms with Gasteiger partial charge in [-0.05, 0) is 34.1 Å². The van der Waals surface area contributed by atoms with Crippen LogP contribution in [-0.2, 0) is 4.79 Å². The highest BCUT2D eigenvalue weighted by molar-refractivity contribution is 9.11. The average molecular weight is 353 g/mol. The van der Waals surface area contributed by atoms with E-state index in [-0.39, 0.29) is 13.0 Å². The maximum atomic E-state index is 10.3. The van der Waals surface area contributed by atoms with Crippen molar-refractivity contribution in [2.24, 2.45) is 0 Å². The first-order valence-electron chi connectivity index (χ1n) is 4.58. The molecule has 0 aromatic heterocycles. The number of aliphatic carboxylic acids is 1. The van der Waals surface area contributed by atoms with Crippen LogP contribution in [0.3, 0.4) is 0 Å². The third-order valence-corrected chi connectivity index (χ3v) is 3.02. The highest BCUT2D eigenvalue weighted by Crippen LogP contribution is 2.26. The van der Waals surface area contributed by atoms with Crippen molar-refractivity contribution in [3.8, 4) is 0 Å². The lowest BCUT2D eigenvalue weighted by atomic mass is 10.2. The maximum absolute atomic E-state index is 10.3. The van der Waals surface area contributed by atoms with Crippen LogP contribution >= 0.6 is 31.9 Å². The van der Waals surface area contributed by atoms with Crippen LogP contribution in [0.15, 0.2) is 27.1 Å². The molecule has 0 radical (unpaired) electrons. The van der Waals surface area contributed by atoms with Gasteiger partial charge in [-0.1, -0.05) is 15.9 Å². The first kappa shape index (κ1) is 13.5. The molecule has 0 aliphatic rings. The first-order valence-corrected chi connectivity index (χ1v) is 6.16. The normalized spacial score (nSPS) is 12.2. The third kappa shape index (κ3) is 4.51. The fraction of sp³-hybridized carbons (Fsp3) is 0.300. The molecular weight excluding hydrogens is 342 g/mol. The van der Waals surface area contributed by atoms with Crippen molar-refractivity contribution in [2.75, 3.05) is 11.9 Å². The van der Waals surface area contributed by atoms with Crippen LogP contribution in [0, 0.1) is 0 Å². The number of carbonyl (C=O) groups is 1. The van der Waals surface area contributed by atoms with E-state index in [2.05, 4.69) is 37.2 Å². The Balaban J connectivity index is 2.51. The van der Waals surface area contributed by atoms with E-state index in [9.17, 15) is 9.90 Å². The molecule has 1 aromatic rings. The summed E-state index contributed by atoms with van der Waals surface area (Å²) in [5.41, 5.74) is 0.813. The predicted octanol–water partition coefficient (Wildman–Crippen LogP) is 2.46. The molecule has 6 heteroatoms. The minimum atomic E-state index is -1.01. The number of anilines is 1. The first-order chi connectivity index (χ1) is 7.49. The van der Waals surface area contributed by atoms with Gasteiger partial charge in [0, 0.05) is 21.2 Å². The molecule has 1 unspecified atom stereocenters. The summed E-state index contributed by atoms with van der Waals surface area (Å²) in [6.45, 7) is 0.201. The summed E-state index contributed by atoms with van der Waals surface area (Å²) in [4.78, 5) is 10.3. The van der Waals surface area contributed by atoms with Crippen molar-refractivity contribution < 1.29 is 15.0 Å². The van der Waals surface area contributed by atoms with E-state index in [1.54, 1.807) is 0 Å². The average Bonchev–Trinajstić information content (AvgIpc) is 2.15. The molecule has 1 aromatic carbocycles. The Morgan fingerprint density at radius 2 is 2.12 bits per heavy atom. The summed E-state index contributed by atoms with van der Waals surface area (Å²) in [7, 11) is 0. The summed E-state index contributed by atoms with van der Waals surface area (Å²) in [6.07, 6.45) is -1.16. The Labute approximate surface area is 110 Å². The monoisotopic (exact) mass is 351 g/mol. The van der Waals surface area contributed by atoms with Crippen molar-refractivity contribution in [2.45, 2.75) is 12.5 Å². The Hall–Kier alpha value is -0.590.